The van der Waals surface area contributed by atoms with E-state index in [9.17, 15) is 0 Å². The minimum Gasteiger partial charge on any atom is -0.493 e. The highest BCUT2D eigenvalue weighted by molar-refractivity contribution is 14.0. The Labute approximate surface area is 153 Å². The fourth-order valence-electron chi connectivity index (χ4n) is 2.48. The second-order valence-electron chi connectivity index (χ2n) is 5.38. The first-order chi connectivity index (χ1) is 10.7. The summed E-state index contributed by atoms with van der Waals surface area (Å²) in [6.45, 7) is 3.17. The van der Waals surface area contributed by atoms with Gasteiger partial charge < -0.3 is 15.8 Å². The van der Waals surface area contributed by atoms with E-state index in [1.807, 2.05) is 43.5 Å². The van der Waals surface area contributed by atoms with Crippen LogP contribution >= 0.6 is 24.0 Å². The van der Waals surface area contributed by atoms with Gasteiger partial charge >= 0.3 is 0 Å². The molecule has 23 heavy (non-hydrogen) atoms. The number of aromatic nitrogens is 1. The molecule has 1 unspecified atom stereocenters. The third-order valence-electron chi connectivity index (χ3n) is 3.69. The first-order valence-electron chi connectivity index (χ1n) is 7.42. The van der Waals surface area contributed by atoms with E-state index in [2.05, 4.69) is 21.4 Å². The summed E-state index contributed by atoms with van der Waals surface area (Å²) in [7, 11) is 0. The summed E-state index contributed by atoms with van der Waals surface area (Å²) in [4.78, 5) is 8.65. The Bertz CT molecular complexity index is 673. The molecule has 122 valence electrons. The van der Waals surface area contributed by atoms with Crippen LogP contribution in [0.5, 0.6) is 5.75 Å². The predicted octanol–water partition coefficient (Wildman–Crippen LogP) is 2.94. The molecular weight excluding hydrogens is 403 g/mol. The number of halogens is 1. The molecule has 1 aliphatic heterocycles. The molecule has 0 saturated carbocycles. The zero-order valence-corrected chi connectivity index (χ0v) is 15.4. The zero-order chi connectivity index (χ0) is 15.4. The lowest BCUT2D eigenvalue weighted by atomic mass is 10.0. The molecule has 0 saturated heterocycles. The van der Waals surface area contributed by atoms with E-state index in [1.54, 1.807) is 0 Å². The number of benzene rings is 1. The van der Waals surface area contributed by atoms with Crippen LogP contribution in [-0.4, -0.2) is 17.6 Å². The number of pyridine rings is 1. The van der Waals surface area contributed by atoms with Crippen molar-refractivity contribution in [1.29, 1.82) is 0 Å². The van der Waals surface area contributed by atoms with Crippen LogP contribution in [0, 0.1) is 6.92 Å². The molecule has 1 aromatic carbocycles. The summed E-state index contributed by atoms with van der Waals surface area (Å²) in [6.07, 6.45) is 2.70. The molecule has 2 aromatic rings. The molecule has 1 aromatic heterocycles. The van der Waals surface area contributed by atoms with Gasteiger partial charge in [0.25, 0.3) is 0 Å². The van der Waals surface area contributed by atoms with Gasteiger partial charge in [-0.1, -0.05) is 24.3 Å². The Hall–Kier alpha value is -1.83. The number of ether oxygens (including phenoxy) is 1. The van der Waals surface area contributed by atoms with Crippen molar-refractivity contribution in [2.24, 2.45) is 10.7 Å². The molecule has 5 nitrogen and oxygen atoms in total. The molecule has 0 spiro atoms. The highest BCUT2D eigenvalue weighted by atomic mass is 127. The molecule has 0 fully saturated rings. The molecular formula is C17H21IN4O. The number of fused-ring (bicyclic) bond motifs is 1. The van der Waals surface area contributed by atoms with Crippen LogP contribution < -0.4 is 15.8 Å². The maximum absolute atomic E-state index is 6.02. The van der Waals surface area contributed by atoms with E-state index in [4.69, 9.17) is 10.5 Å². The number of rotatable bonds is 3. The fourth-order valence-corrected chi connectivity index (χ4v) is 2.48. The topological polar surface area (TPSA) is 72.5 Å². The number of nitrogens with two attached hydrogens (primary N) is 1. The van der Waals surface area contributed by atoms with Crippen molar-refractivity contribution in [2.45, 2.75) is 25.9 Å². The summed E-state index contributed by atoms with van der Waals surface area (Å²) in [5.41, 5.74) is 9.19. The second kappa shape index (κ2) is 8.14. The summed E-state index contributed by atoms with van der Waals surface area (Å²) >= 11 is 0. The lowest BCUT2D eigenvalue weighted by Crippen LogP contribution is -2.37. The highest BCUT2D eigenvalue weighted by Crippen LogP contribution is 2.31. The van der Waals surface area contributed by atoms with Crippen molar-refractivity contribution in [3.05, 3.63) is 59.4 Å². The lowest BCUT2D eigenvalue weighted by Gasteiger charge is -2.26. The summed E-state index contributed by atoms with van der Waals surface area (Å²) < 4.78 is 5.65. The average molecular weight is 424 g/mol. The van der Waals surface area contributed by atoms with E-state index in [0.29, 0.717) is 19.1 Å². The minimum atomic E-state index is 0. The molecule has 3 N–H and O–H groups in total. The van der Waals surface area contributed by atoms with Gasteiger partial charge in [-0.15, -0.1) is 24.0 Å². The van der Waals surface area contributed by atoms with Crippen molar-refractivity contribution >= 4 is 29.9 Å². The Kier molecular flexibility index (Phi) is 6.20. The Morgan fingerprint density at radius 1 is 1.35 bits per heavy atom. The van der Waals surface area contributed by atoms with E-state index >= 15 is 0 Å². The van der Waals surface area contributed by atoms with Crippen LogP contribution in [-0.2, 0) is 6.54 Å². The van der Waals surface area contributed by atoms with Gasteiger partial charge in [0, 0.05) is 23.9 Å². The second-order valence-corrected chi connectivity index (χ2v) is 5.38. The number of nitrogens with one attached hydrogen (secondary N) is 1. The minimum absolute atomic E-state index is 0. The molecule has 3 rings (SSSR count). The first kappa shape index (κ1) is 17.5. The van der Waals surface area contributed by atoms with Crippen LogP contribution in [0.3, 0.4) is 0 Å². The van der Waals surface area contributed by atoms with E-state index in [-0.39, 0.29) is 30.0 Å². The van der Waals surface area contributed by atoms with Gasteiger partial charge in [0.2, 0.25) is 0 Å². The normalized spacial score (nSPS) is 16.7. The number of aliphatic imine (C=N–C) groups is 1. The summed E-state index contributed by atoms with van der Waals surface area (Å²) in [5.74, 6) is 1.36. The maximum atomic E-state index is 6.02. The van der Waals surface area contributed by atoms with Crippen molar-refractivity contribution in [2.75, 3.05) is 6.61 Å². The number of hydrogen-bond acceptors (Lipinski definition) is 3. The molecule has 1 atom stereocenters. The van der Waals surface area contributed by atoms with Crippen molar-refractivity contribution in [3.8, 4) is 5.75 Å². The Balaban J connectivity index is 0.00000192. The monoisotopic (exact) mass is 424 g/mol. The van der Waals surface area contributed by atoms with E-state index in [1.165, 1.54) is 0 Å². The van der Waals surface area contributed by atoms with Gasteiger partial charge in [-0.2, -0.15) is 0 Å². The predicted molar refractivity (Wildman–Crippen MR) is 102 cm³/mol. The fraction of sp³-hybridized carbons (Fsp3) is 0.294. The van der Waals surface area contributed by atoms with Gasteiger partial charge in [-0.25, -0.2) is 4.99 Å². The molecule has 0 radical (unpaired) electrons. The first-order valence-corrected chi connectivity index (χ1v) is 7.42. The van der Waals surface area contributed by atoms with Crippen LogP contribution in [0.25, 0.3) is 0 Å². The standard InChI is InChI=1S/C17H20N4O.HI/c1-12-6-7-13(10-19-12)11-20-17(18)21-15-8-9-22-16-5-3-2-4-14(15)16;/h2-7,10,15H,8-9,11H2,1H3,(H3,18,20,21);1H. The smallest absolute Gasteiger partial charge is 0.189 e. The largest absolute Gasteiger partial charge is 0.493 e. The maximum Gasteiger partial charge on any atom is 0.189 e. The van der Waals surface area contributed by atoms with E-state index < -0.39 is 0 Å². The van der Waals surface area contributed by atoms with Crippen LogP contribution in [0.4, 0.5) is 0 Å². The van der Waals surface area contributed by atoms with Gasteiger partial charge in [-0.3, -0.25) is 4.98 Å². The van der Waals surface area contributed by atoms with Crippen molar-refractivity contribution in [1.82, 2.24) is 10.3 Å². The van der Waals surface area contributed by atoms with Gasteiger partial charge in [-0.05, 0) is 24.6 Å². The van der Waals surface area contributed by atoms with Crippen LogP contribution in [0.1, 0.15) is 29.3 Å². The van der Waals surface area contributed by atoms with Gasteiger partial charge in [0.05, 0.1) is 19.2 Å². The van der Waals surface area contributed by atoms with Crippen LogP contribution in [0.2, 0.25) is 0 Å². The number of nitrogens with zero attached hydrogens (tertiary/aromatic N) is 2. The van der Waals surface area contributed by atoms with Crippen LogP contribution in [0.15, 0.2) is 47.6 Å². The molecule has 1 aliphatic rings. The molecule has 0 bridgehead atoms. The molecule has 0 amide bonds. The number of aryl methyl sites for hydroxylation is 1. The molecule has 2 heterocycles. The number of hydrogen-bond donors (Lipinski definition) is 2. The Morgan fingerprint density at radius 2 is 2.17 bits per heavy atom. The third kappa shape index (κ3) is 4.57. The third-order valence-corrected chi connectivity index (χ3v) is 3.69. The summed E-state index contributed by atoms with van der Waals surface area (Å²) in [5, 5.41) is 3.28. The SMILES string of the molecule is Cc1ccc(CN=C(N)NC2CCOc3ccccc32)cn1.I. The quantitative estimate of drug-likeness (QED) is 0.452. The zero-order valence-electron chi connectivity index (χ0n) is 13.0. The molecule has 0 aliphatic carbocycles. The highest BCUT2D eigenvalue weighted by Gasteiger charge is 2.21. The average Bonchev–Trinajstić information content (AvgIpc) is 2.55. The Morgan fingerprint density at radius 3 is 2.96 bits per heavy atom. The summed E-state index contributed by atoms with van der Waals surface area (Å²) in [6, 6.07) is 12.2. The van der Waals surface area contributed by atoms with E-state index in [0.717, 1.165) is 29.0 Å². The van der Waals surface area contributed by atoms with Gasteiger partial charge in [0.15, 0.2) is 5.96 Å². The molecule has 6 heteroatoms. The number of para-hydroxylation sites is 1. The van der Waals surface area contributed by atoms with Crippen molar-refractivity contribution < 1.29 is 4.74 Å². The van der Waals surface area contributed by atoms with Gasteiger partial charge in [0.1, 0.15) is 5.75 Å². The number of guanidine groups is 1. The van der Waals surface area contributed by atoms with Crippen molar-refractivity contribution in [3.63, 3.8) is 0 Å². The lowest BCUT2D eigenvalue weighted by molar-refractivity contribution is 0.262.